The number of benzene rings is 1. The van der Waals surface area contributed by atoms with E-state index in [-0.39, 0.29) is 12.5 Å². The Balaban J connectivity index is 1.53. The lowest BCUT2D eigenvalue weighted by Crippen LogP contribution is -2.47. The van der Waals surface area contributed by atoms with Crippen molar-refractivity contribution in [3.8, 4) is 5.75 Å². The summed E-state index contributed by atoms with van der Waals surface area (Å²) in [7, 11) is 0. The number of carbonyl (C=O) groups excluding carboxylic acids is 1. The number of ether oxygens (including phenoxy) is 1. The minimum Gasteiger partial charge on any atom is -0.483 e. The summed E-state index contributed by atoms with van der Waals surface area (Å²) in [6, 6.07) is 6.49. The van der Waals surface area contributed by atoms with E-state index < -0.39 is 0 Å². The molecule has 3 rings (SSSR count). The van der Waals surface area contributed by atoms with Crippen LogP contribution in [0.1, 0.15) is 56.1 Å². The molecule has 2 fully saturated rings. The quantitative estimate of drug-likeness (QED) is 0.772. The normalized spacial score (nSPS) is 21.6. The molecule has 2 heterocycles. The first-order chi connectivity index (χ1) is 12.6. The predicted molar refractivity (Wildman–Crippen MR) is 106 cm³/mol. The van der Waals surface area contributed by atoms with Crippen molar-refractivity contribution >= 4 is 5.91 Å². The van der Waals surface area contributed by atoms with E-state index >= 15 is 0 Å². The zero-order valence-corrected chi connectivity index (χ0v) is 16.5. The number of likely N-dealkylation sites (tertiary alicyclic amines) is 2. The Hall–Kier alpha value is -1.55. The molecule has 1 unspecified atom stereocenters. The molecular formula is C22H34N2O2. The molecule has 2 aliphatic heterocycles. The summed E-state index contributed by atoms with van der Waals surface area (Å²) in [6.45, 7) is 8.72. The molecule has 1 atom stereocenters. The molecule has 144 valence electrons. The Labute approximate surface area is 158 Å². The van der Waals surface area contributed by atoms with Crippen molar-refractivity contribution in [3.63, 3.8) is 0 Å². The Bertz CT molecular complexity index is 576. The third kappa shape index (κ3) is 5.00. The van der Waals surface area contributed by atoms with Gasteiger partial charge in [-0.3, -0.25) is 4.79 Å². The van der Waals surface area contributed by atoms with Gasteiger partial charge in [-0.15, -0.1) is 0 Å². The van der Waals surface area contributed by atoms with E-state index in [2.05, 4.69) is 9.80 Å². The van der Waals surface area contributed by atoms with Crippen LogP contribution in [0.15, 0.2) is 18.2 Å². The molecule has 0 aromatic heterocycles. The van der Waals surface area contributed by atoms with Gasteiger partial charge >= 0.3 is 0 Å². The van der Waals surface area contributed by atoms with E-state index in [9.17, 15) is 4.79 Å². The fourth-order valence-electron chi connectivity index (χ4n) is 4.39. The predicted octanol–water partition coefficient (Wildman–Crippen LogP) is 3.94. The van der Waals surface area contributed by atoms with Gasteiger partial charge in [0, 0.05) is 19.1 Å². The lowest BCUT2D eigenvalue weighted by Gasteiger charge is -2.37. The van der Waals surface area contributed by atoms with Crippen molar-refractivity contribution in [2.24, 2.45) is 0 Å². The van der Waals surface area contributed by atoms with E-state index in [4.69, 9.17) is 4.74 Å². The molecule has 0 aliphatic carbocycles. The van der Waals surface area contributed by atoms with Crippen LogP contribution in [-0.2, 0) is 4.79 Å². The van der Waals surface area contributed by atoms with Gasteiger partial charge in [0.05, 0.1) is 0 Å². The molecule has 2 aliphatic rings. The highest BCUT2D eigenvalue weighted by molar-refractivity contribution is 5.78. The van der Waals surface area contributed by atoms with Crippen LogP contribution in [0.3, 0.4) is 0 Å². The largest absolute Gasteiger partial charge is 0.483 e. The second-order valence-electron chi connectivity index (χ2n) is 7.94. The minimum atomic E-state index is 0.149. The second-order valence-corrected chi connectivity index (χ2v) is 7.94. The third-order valence-corrected chi connectivity index (χ3v) is 5.92. The number of nitrogens with zero attached hydrogens (tertiary/aromatic N) is 2. The molecule has 1 aromatic rings. The highest BCUT2D eigenvalue weighted by Crippen LogP contribution is 2.24. The maximum Gasteiger partial charge on any atom is 0.260 e. The Morgan fingerprint density at radius 2 is 1.73 bits per heavy atom. The van der Waals surface area contributed by atoms with Crippen molar-refractivity contribution in [1.82, 2.24) is 9.80 Å². The first kappa shape index (κ1) is 19.2. The number of amides is 1. The number of piperidine rings is 2. The Morgan fingerprint density at radius 1 is 1.04 bits per heavy atom. The third-order valence-electron chi connectivity index (χ3n) is 5.92. The summed E-state index contributed by atoms with van der Waals surface area (Å²) >= 11 is 0. The van der Waals surface area contributed by atoms with Crippen LogP contribution in [0.4, 0.5) is 0 Å². The summed E-state index contributed by atoms with van der Waals surface area (Å²) in [5.74, 6) is 1.01. The molecule has 0 spiro atoms. The highest BCUT2D eigenvalue weighted by atomic mass is 16.5. The van der Waals surface area contributed by atoms with Crippen LogP contribution in [0.5, 0.6) is 5.75 Å². The highest BCUT2D eigenvalue weighted by Gasteiger charge is 2.27. The van der Waals surface area contributed by atoms with Crippen molar-refractivity contribution in [2.45, 2.75) is 64.8 Å². The molecule has 0 bridgehead atoms. The zero-order chi connectivity index (χ0) is 18.4. The summed E-state index contributed by atoms with van der Waals surface area (Å²) in [5.41, 5.74) is 2.19. The molecule has 0 saturated carbocycles. The van der Waals surface area contributed by atoms with E-state index in [1.165, 1.54) is 38.8 Å². The maximum atomic E-state index is 12.8. The Morgan fingerprint density at radius 3 is 2.46 bits per heavy atom. The van der Waals surface area contributed by atoms with Crippen LogP contribution in [0.2, 0.25) is 0 Å². The number of carbonyl (C=O) groups is 1. The molecular weight excluding hydrogens is 324 g/mol. The molecule has 0 N–H and O–H groups in total. The maximum absolute atomic E-state index is 12.8. The molecule has 26 heavy (non-hydrogen) atoms. The van der Waals surface area contributed by atoms with Gasteiger partial charge in [0.15, 0.2) is 6.61 Å². The van der Waals surface area contributed by atoms with Crippen molar-refractivity contribution in [2.75, 3.05) is 32.8 Å². The molecule has 2 saturated heterocycles. The minimum absolute atomic E-state index is 0.149. The summed E-state index contributed by atoms with van der Waals surface area (Å²) in [5, 5.41) is 0. The number of hydrogen-bond donors (Lipinski definition) is 0. The lowest BCUT2D eigenvalue weighted by molar-refractivity contribution is -0.137. The lowest BCUT2D eigenvalue weighted by atomic mass is 9.98. The average molecular weight is 359 g/mol. The second kappa shape index (κ2) is 9.40. The molecule has 1 amide bonds. The molecule has 4 nitrogen and oxygen atoms in total. The zero-order valence-electron chi connectivity index (χ0n) is 16.5. The fourth-order valence-corrected chi connectivity index (χ4v) is 4.39. The van der Waals surface area contributed by atoms with Gasteiger partial charge in [0.25, 0.3) is 5.91 Å². The molecule has 1 aromatic carbocycles. The van der Waals surface area contributed by atoms with Crippen LogP contribution >= 0.6 is 0 Å². The van der Waals surface area contributed by atoms with Crippen LogP contribution < -0.4 is 4.74 Å². The van der Waals surface area contributed by atoms with E-state index in [1.807, 2.05) is 32.0 Å². The summed E-state index contributed by atoms with van der Waals surface area (Å²) in [4.78, 5) is 17.5. The monoisotopic (exact) mass is 358 g/mol. The van der Waals surface area contributed by atoms with E-state index in [0.29, 0.717) is 6.04 Å². The molecule has 0 radical (unpaired) electrons. The van der Waals surface area contributed by atoms with Crippen molar-refractivity contribution in [1.29, 1.82) is 0 Å². The number of para-hydroxylation sites is 1. The standard InChI is InChI=1S/C22H34N2O2/c1-18-9-8-10-19(2)22(18)26-17-21(25)24-15-7-4-11-20(24)12-16-23-13-5-3-6-14-23/h8-10,20H,3-7,11-17H2,1-2H3. The van der Waals surface area contributed by atoms with Gasteiger partial charge in [0.1, 0.15) is 5.75 Å². The van der Waals surface area contributed by atoms with Gasteiger partial charge in [-0.05, 0) is 76.6 Å². The van der Waals surface area contributed by atoms with Gasteiger partial charge in [-0.2, -0.15) is 0 Å². The Kier molecular flexibility index (Phi) is 6.95. The summed E-state index contributed by atoms with van der Waals surface area (Å²) in [6.07, 6.45) is 8.65. The smallest absolute Gasteiger partial charge is 0.260 e. The first-order valence-corrected chi connectivity index (χ1v) is 10.4. The summed E-state index contributed by atoms with van der Waals surface area (Å²) < 4.78 is 5.92. The topological polar surface area (TPSA) is 32.8 Å². The van der Waals surface area contributed by atoms with E-state index in [0.717, 1.165) is 49.2 Å². The average Bonchev–Trinajstić information content (AvgIpc) is 2.67. The van der Waals surface area contributed by atoms with Crippen molar-refractivity contribution < 1.29 is 9.53 Å². The van der Waals surface area contributed by atoms with Gasteiger partial charge in [-0.1, -0.05) is 24.6 Å². The van der Waals surface area contributed by atoms with Crippen LogP contribution in [-0.4, -0.2) is 54.5 Å². The fraction of sp³-hybridized carbons (Fsp3) is 0.682. The molecule has 4 heteroatoms. The van der Waals surface area contributed by atoms with E-state index in [1.54, 1.807) is 0 Å². The number of aryl methyl sites for hydroxylation is 2. The SMILES string of the molecule is Cc1cccc(C)c1OCC(=O)N1CCCCC1CCN1CCCCC1. The van der Waals surface area contributed by atoms with Gasteiger partial charge < -0.3 is 14.5 Å². The van der Waals surface area contributed by atoms with Gasteiger partial charge in [-0.25, -0.2) is 0 Å². The van der Waals surface area contributed by atoms with Crippen LogP contribution in [0.25, 0.3) is 0 Å². The van der Waals surface area contributed by atoms with Gasteiger partial charge in [0.2, 0.25) is 0 Å². The van der Waals surface area contributed by atoms with Crippen LogP contribution in [0, 0.1) is 13.8 Å². The number of hydrogen-bond acceptors (Lipinski definition) is 3. The first-order valence-electron chi connectivity index (χ1n) is 10.4. The van der Waals surface area contributed by atoms with Crippen molar-refractivity contribution in [3.05, 3.63) is 29.3 Å². The number of rotatable bonds is 6.